The molecule has 1 aliphatic heterocycles. The second-order valence-corrected chi connectivity index (χ2v) is 7.49. The fraction of sp³-hybridized carbons (Fsp3) is 0.615. The van der Waals surface area contributed by atoms with Gasteiger partial charge in [-0.05, 0) is 19.1 Å². The second kappa shape index (κ2) is 5.97. The van der Waals surface area contributed by atoms with Gasteiger partial charge in [-0.25, -0.2) is 8.42 Å². The van der Waals surface area contributed by atoms with Crippen LogP contribution in [-0.4, -0.2) is 61.8 Å². The van der Waals surface area contributed by atoms with Crippen LogP contribution in [0, 0.1) is 0 Å². The van der Waals surface area contributed by atoms with Gasteiger partial charge in [0.25, 0.3) is 0 Å². The highest BCUT2D eigenvalue weighted by Crippen LogP contribution is 2.12. The first kappa shape index (κ1) is 15.1. The van der Waals surface area contributed by atoms with Gasteiger partial charge < -0.3 is 9.32 Å². The summed E-state index contributed by atoms with van der Waals surface area (Å²) in [6, 6.07) is 3.49. The standard InChI is InChI=1S/C13H20N2O4S/c1-11-10-20(17,18)7-5-15(11)9-13(16)14(2)8-12-4-3-6-19-12/h3-4,6,11H,5,7-10H2,1-2H3/t11-/m1/s1. The molecule has 1 fully saturated rings. The van der Waals surface area contributed by atoms with Gasteiger partial charge in [0.1, 0.15) is 5.76 Å². The first-order valence-corrected chi connectivity index (χ1v) is 8.40. The van der Waals surface area contributed by atoms with Crippen LogP contribution in [0.25, 0.3) is 0 Å². The van der Waals surface area contributed by atoms with Crippen molar-refractivity contribution >= 4 is 15.7 Å². The van der Waals surface area contributed by atoms with Crippen molar-refractivity contribution < 1.29 is 17.6 Å². The summed E-state index contributed by atoms with van der Waals surface area (Å²) in [4.78, 5) is 15.6. The number of carbonyl (C=O) groups excluding carboxylic acids is 1. The monoisotopic (exact) mass is 300 g/mol. The summed E-state index contributed by atoms with van der Waals surface area (Å²) < 4.78 is 28.2. The molecule has 1 aromatic rings. The third kappa shape index (κ3) is 3.83. The third-order valence-electron chi connectivity index (χ3n) is 3.55. The molecule has 0 radical (unpaired) electrons. The zero-order chi connectivity index (χ0) is 14.8. The van der Waals surface area contributed by atoms with E-state index in [1.807, 2.05) is 17.9 Å². The van der Waals surface area contributed by atoms with E-state index in [1.165, 1.54) is 0 Å². The summed E-state index contributed by atoms with van der Waals surface area (Å²) >= 11 is 0. The number of hydrogen-bond acceptors (Lipinski definition) is 5. The normalized spacial score (nSPS) is 22.6. The maximum Gasteiger partial charge on any atom is 0.236 e. The van der Waals surface area contributed by atoms with E-state index in [2.05, 4.69) is 0 Å². The minimum atomic E-state index is -2.94. The predicted octanol–water partition coefficient (Wildman–Crippen LogP) is 0.357. The van der Waals surface area contributed by atoms with Gasteiger partial charge in [-0.3, -0.25) is 9.69 Å². The van der Waals surface area contributed by atoms with E-state index in [0.29, 0.717) is 13.1 Å². The Morgan fingerprint density at radius 2 is 2.30 bits per heavy atom. The lowest BCUT2D eigenvalue weighted by Crippen LogP contribution is -2.50. The molecular weight excluding hydrogens is 280 g/mol. The van der Waals surface area contributed by atoms with Gasteiger partial charge in [-0.15, -0.1) is 0 Å². The summed E-state index contributed by atoms with van der Waals surface area (Å²) in [6.07, 6.45) is 1.57. The molecule has 1 aliphatic rings. The van der Waals surface area contributed by atoms with Gasteiger partial charge in [0.2, 0.25) is 5.91 Å². The third-order valence-corrected chi connectivity index (χ3v) is 5.34. The van der Waals surface area contributed by atoms with Crippen LogP contribution in [0.1, 0.15) is 12.7 Å². The number of hydrogen-bond donors (Lipinski definition) is 0. The average Bonchev–Trinajstić information content (AvgIpc) is 2.84. The van der Waals surface area contributed by atoms with E-state index in [-0.39, 0.29) is 30.0 Å². The smallest absolute Gasteiger partial charge is 0.236 e. The highest BCUT2D eigenvalue weighted by atomic mass is 32.2. The van der Waals surface area contributed by atoms with E-state index < -0.39 is 9.84 Å². The van der Waals surface area contributed by atoms with Crippen molar-refractivity contribution in [3.63, 3.8) is 0 Å². The van der Waals surface area contributed by atoms with Crippen LogP contribution in [0.3, 0.4) is 0 Å². The molecule has 1 aromatic heterocycles. The lowest BCUT2D eigenvalue weighted by molar-refractivity contribution is -0.132. The molecule has 0 bridgehead atoms. The lowest BCUT2D eigenvalue weighted by atomic mass is 10.3. The Balaban J connectivity index is 1.88. The lowest BCUT2D eigenvalue weighted by Gasteiger charge is -2.33. The molecule has 2 heterocycles. The average molecular weight is 300 g/mol. The molecule has 7 heteroatoms. The van der Waals surface area contributed by atoms with Crippen LogP contribution in [-0.2, 0) is 21.2 Å². The molecule has 0 unspecified atom stereocenters. The minimum Gasteiger partial charge on any atom is -0.467 e. The summed E-state index contributed by atoms with van der Waals surface area (Å²) in [5.41, 5.74) is 0. The molecule has 2 rings (SSSR count). The van der Waals surface area contributed by atoms with Gasteiger partial charge in [-0.1, -0.05) is 0 Å². The van der Waals surface area contributed by atoms with Gasteiger partial charge >= 0.3 is 0 Å². The molecule has 0 aliphatic carbocycles. The zero-order valence-electron chi connectivity index (χ0n) is 11.8. The van der Waals surface area contributed by atoms with Crippen molar-refractivity contribution in [1.29, 1.82) is 0 Å². The first-order chi connectivity index (χ1) is 9.37. The van der Waals surface area contributed by atoms with Gasteiger partial charge in [0.05, 0.1) is 30.9 Å². The summed E-state index contributed by atoms with van der Waals surface area (Å²) in [7, 11) is -1.23. The van der Waals surface area contributed by atoms with Crippen molar-refractivity contribution in [2.75, 3.05) is 31.6 Å². The van der Waals surface area contributed by atoms with Crippen LogP contribution in [0.5, 0.6) is 0 Å². The SMILES string of the molecule is C[C@@H]1CS(=O)(=O)CCN1CC(=O)N(C)Cc1ccco1. The molecule has 6 nitrogen and oxygen atoms in total. The van der Waals surface area contributed by atoms with Crippen LogP contribution >= 0.6 is 0 Å². The Labute approximate surface area is 119 Å². The van der Waals surface area contributed by atoms with Crippen molar-refractivity contribution in [3.8, 4) is 0 Å². The fourth-order valence-corrected chi connectivity index (χ4v) is 3.91. The topological polar surface area (TPSA) is 70.8 Å². The first-order valence-electron chi connectivity index (χ1n) is 6.58. The van der Waals surface area contributed by atoms with Crippen LogP contribution in [0.4, 0.5) is 0 Å². The molecule has 20 heavy (non-hydrogen) atoms. The number of likely N-dealkylation sites (N-methyl/N-ethyl adjacent to an activating group) is 1. The van der Waals surface area contributed by atoms with Crippen molar-refractivity contribution in [2.45, 2.75) is 19.5 Å². The minimum absolute atomic E-state index is 0.0347. The van der Waals surface area contributed by atoms with Gasteiger partial charge in [-0.2, -0.15) is 0 Å². The number of amides is 1. The highest BCUT2D eigenvalue weighted by molar-refractivity contribution is 7.91. The summed E-state index contributed by atoms with van der Waals surface area (Å²) in [6.45, 7) is 2.93. The number of carbonyl (C=O) groups is 1. The Bertz CT molecular complexity index is 553. The molecule has 0 saturated carbocycles. The van der Waals surface area contributed by atoms with Crippen LogP contribution < -0.4 is 0 Å². The fourth-order valence-electron chi connectivity index (χ4n) is 2.29. The van der Waals surface area contributed by atoms with E-state index in [9.17, 15) is 13.2 Å². The zero-order valence-corrected chi connectivity index (χ0v) is 12.6. The number of nitrogens with zero attached hydrogens (tertiary/aromatic N) is 2. The predicted molar refractivity (Wildman–Crippen MR) is 74.9 cm³/mol. The Morgan fingerprint density at radius 3 is 2.90 bits per heavy atom. The van der Waals surface area contributed by atoms with Gasteiger partial charge in [0, 0.05) is 19.6 Å². The van der Waals surface area contributed by atoms with Crippen LogP contribution in [0.2, 0.25) is 0 Å². The second-order valence-electron chi connectivity index (χ2n) is 5.26. The van der Waals surface area contributed by atoms with Crippen molar-refractivity contribution in [3.05, 3.63) is 24.2 Å². The van der Waals surface area contributed by atoms with E-state index in [1.54, 1.807) is 24.3 Å². The quantitative estimate of drug-likeness (QED) is 0.803. The van der Waals surface area contributed by atoms with E-state index in [0.717, 1.165) is 5.76 Å². The molecule has 112 valence electrons. The van der Waals surface area contributed by atoms with Crippen molar-refractivity contribution in [1.82, 2.24) is 9.80 Å². The molecular formula is C13H20N2O4S. The molecule has 0 spiro atoms. The molecule has 0 N–H and O–H groups in total. The highest BCUT2D eigenvalue weighted by Gasteiger charge is 2.29. The van der Waals surface area contributed by atoms with Crippen LogP contribution in [0.15, 0.2) is 22.8 Å². The molecule has 1 amide bonds. The molecule has 0 aromatic carbocycles. The number of furan rings is 1. The molecule has 1 saturated heterocycles. The maximum absolute atomic E-state index is 12.1. The summed E-state index contributed by atoms with van der Waals surface area (Å²) in [5, 5.41) is 0. The maximum atomic E-state index is 12.1. The van der Waals surface area contributed by atoms with E-state index >= 15 is 0 Å². The Kier molecular flexibility index (Phi) is 4.49. The summed E-state index contributed by atoms with van der Waals surface area (Å²) in [5.74, 6) is 0.956. The van der Waals surface area contributed by atoms with E-state index in [4.69, 9.17) is 4.42 Å². The largest absolute Gasteiger partial charge is 0.467 e. The number of sulfone groups is 1. The Hall–Kier alpha value is -1.34. The molecule has 1 atom stereocenters. The Morgan fingerprint density at radius 1 is 1.55 bits per heavy atom. The van der Waals surface area contributed by atoms with Crippen molar-refractivity contribution in [2.24, 2.45) is 0 Å². The van der Waals surface area contributed by atoms with Gasteiger partial charge in [0.15, 0.2) is 9.84 Å². The number of rotatable bonds is 4.